The van der Waals surface area contributed by atoms with E-state index < -0.39 is 0 Å². The summed E-state index contributed by atoms with van der Waals surface area (Å²) in [4.78, 5) is 0. The molecule has 0 aliphatic carbocycles. The molecule has 0 saturated heterocycles. The summed E-state index contributed by atoms with van der Waals surface area (Å²) in [5.41, 5.74) is 0.912. The van der Waals surface area contributed by atoms with Crippen molar-refractivity contribution in [3.63, 3.8) is 0 Å². The number of rotatable bonds is 1. The molecule has 0 unspecified atom stereocenters. The van der Waals surface area contributed by atoms with Crippen molar-refractivity contribution in [3.8, 4) is 6.07 Å². The van der Waals surface area contributed by atoms with E-state index in [4.69, 9.17) is 16.9 Å². The molecule has 2 heteroatoms. The molecule has 1 rings (SSSR count). The van der Waals surface area contributed by atoms with Crippen LogP contribution in [0.3, 0.4) is 0 Å². The van der Waals surface area contributed by atoms with Crippen LogP contribution in [0.5, 0.6) is 0 Å². The van der Waals surface area contributed by atoms with Crippen LogP contribution >= 0.6 is 11.6 Å². The van der Waals surface area contributed by atoms with Crippen molar-refractivity contribution in [1.82, 2.24) is 0 Å². The molecular formula is C8H5ClN. The lowest BCUT2D eigenvalue weighted by molar-refractivity contribution is 1.26. The van der Waals surface area contributed by atoms with E-state index in [0.717, 1.165) is 5.56 Å². The molecule has 1 aromatic rings. The Labute approximate surface area is 64.9 Å². The Morgan fingerprint density at radius 1 is 1.60 bits per heavy atom. The Kier molecular flexibility index (Phi) is 2.30. The first-order valence-electron chi connectivity index (χ1n) is 2.85. The molecule has 0 aliphatic heterocycles. The van der Waals surface area contributed by atoms with Crippen LogP contribution < -0.4 is 0 Å². The predicted molar refractivity (Wildman–Crippen MR) is 39.6 cm³/mol. The lowest BCUT2D eigenvalue weighted by Gasteiger charge is -1.91. The summed E-state index contributed by atoms with van der Waals surface area (Å²) < 4.78 is 0. The van der Waals surface area contributed by atoms with Gasteiger partial charge in [-0.2, -0.15) is 5.26 Å². The highest BCUT2D eigenvalue weighted by molar-refractivity contribution is 6.30. The quantitative estimate of drug-likeness (QED) is 0.602. The van der Waals surface area contributed by atoms with E-state index >= 15 is 0 Å². The van der Waals surface area contributed by atoms with Crippen LogP contribution in [0.15, 0.2) is 18.2 Å². The van der Waals surface area contributed by atoms with Gasteiger partial charge in [-0.1, -0.05) is 17.7 Å². The van der Waals surface area contributed by atoms with Crippen molar-refractivity contribution < 1.29 is 0 Å². The van der Waals surface area contributed by atoms with Crippen LogP contribution in [-0.4, -0.2) is 0 Å². The zero-order valence-electron chi connectivity index (χ0n) is 5.26. The highest BCUT2D eigenvalue weighted by Crippen LogP contribution is 2.09. The molecule has 0 N–H and O–H groups in total. The van der Waals surface area contributed by atoms with E-state index in [0.29, 0.717) is 11.4 Å². The first-order chi connectivity index (χ1) is 4.83. The smallest absolute Gasteiger partial charge is 0.0669 e. The lowest BCUT2D eigenvalue weighted by atomic mass is 10.2. The number of nitrogens with zero attached hydrogens (tertiary/aromatic N) is 1. The van der Waals surface area contributed by atoms with Crippen LogP contribution in [0.2, 0.25) is 5.02 Å². The second-order valence-electron chi connectivity index (χ2n) is 1.89. The molecule has 0 spiro atoms. The average Bonchev–Trinajstić information content (AvgIpc) is 1.88. The van der Waals surface area contributed by atoms with Crippen molar-refractivity contribution >= 4 is 11.6 Å². The van der Waals surface area contributed by atoms with Gasteiger partial charge in [0.15, 0.2) is 0 Å². The molecule has 1 radical (unpaired) electrons. The van der Waals surface area contributed by atoms with Gasteiger partial charge in [0.25, 0.3) is 0 Å². The Bertz CT molecular complexity index is 262. The summed E-state index contributed by atoms with van der Waals surface area (Å²) in [6.45, 7) is 0. The Morgan fingerprint density at radius 3 is 3.00 bits per heavy atom. The first-order valence-corrected chi connectivity index (χ1v) is 3.23. The Hall–Kier alpha value is -1.00. The zero-order valence-corrected chi connectivity index (χ0v) is 6.02. The summed E-state index contributed by atoms with van der Waals surface area (Å²) >= 11 is 5.64. The van der Waals surface area contributed by atoms with Crippen molar-refractivity contribution in [1.29, 1.82) is 5.26 Å². The highest BCUT2D eigenvalue weighted by Gasteiger charge is 1.90. The van der Waals surface area contributed by atoms with Gasteiger partial charge in [-0.25, -0.2) is 0 Å². The number of benzene rings is 1. The SMILES string of the molecule is N#CCc1c[c]cc(Cl)c1. The van der Waals surface area contributed by atoms with Gasteiger partial charge < -0.3 is 0 Å². The highest BCUT2D eigenvalue weighted by atomic mass is 35.5. The normalized spacial score (nSPS) is 8.80. The van der Waals surface area contributed by atoms with Gasteiger partial charge >= 0.3 is 0 Å². The van der Waals surface area contributed by atoms with Crippen molar-refractivity contribution in [2.45, 2.75) is 6.42 Å². The Balaban J connectivity index is 2.87. The van der Waals surface area contributed by atoms with Crippen LogP contribution in [-0.2, 0) is 6.42 Å². The fourth-order valence-electron chi connectivity index (χ4n) is 0.682. The van der Waals surface area contributed by atoms with Gasteiger partial charge in [-0.3, -0.25) is 0 Å². The third kappa shape index (κ3) is 1.75. The molecular weight excluding hydrogens is 146 g/mol. The van der Waals surface area contributed by atoms with E-state index in [1.165, 1.54) is 0 Å². The monoisotopic (exact) mass is 150 g/mol. The van der Waals surface area contributed by atoms with Gasteiger partial charge in [0.05, 0.1) is 12.5 Å². The number of halogens is 1. The fraction of sp³-hybridized carbons (Fsp3) is 0.125. The molecule has 49 valence electrons. The molecule has 0 bridgehead atoms. The zero-order chi connectivity index (χ0) is 7.40. The Morgan fingerprint density at radius 2 is 2.40 bits per heavy atom. The van der Waals surface area contributed by atoms with Crippen LogP contribution in [0.4, 0.5) is 0 Å². The fourth-order valence-corrected chi connectivity index (χ4v) is 0.885. The van der Waals surface area contributed by atoms with E-state index in [2.05, 4.69) is 6.07 Å². The molecule has 0 heterocycles. The van der Waals surface area contributed by atoms with Gasteiger partial charge in [0.2, 0.25) is 0 Å². The third-order valence-electron chi connectivity index (χ3n) is 1.10. The summed E-state index contributed by atoms with van der Waals surface area (Å²) in [5.74, 6) is 0. The van der Waals surface area contributed by atoms with Gasteiger partial charge in [-0.05, 0) is 23.8 Å². The summed E-state index contributed by atoms with van der Waals surface area (Å²) in [5, 5.41) is 8.94. The standard InChI is InChI=1S/C8H5ClN/c9-8-3-1-2-7(6-8)4-5-10/h2-3,6H,4H2. The molecule has 0 saturated carbocycles. The van der Waals surface area contributed by atoms with Crippen LogP contribution in [0, 0.1) is 17.4 Å². The number of hydrogen-bond donors (Lipinski definition) is 0. The topological polar surface area (TPSA) is 23.8 Å². The molecule has 0 aromatic heterocycles. The first kappa shape index (κ1) is 7.11. The molecule has 0 atom stereocenters. The van der Waals surface area contributed by atoms with Gasteiger partial charge in [0, 0.05) is 5.02 Å². The van der Waals surface area contributed by atoms with Crippen LogP contribution in [0.25, 0.3) is 0 Å². The second kappa shape index (κ2) is 3.24. The maximum Gasteiger partial charge on any atom is 0.0669 e. The van der Waals surface area contributed by atoms with E-state index in [-0.39, 0.29) is 0 Å². The summed E-state index contributed by atoms with van der Waals surface area (Å²) in [6, 6.07) is 10.1. The minimum atomic E-state index is 0.400. The molecule has 10 heavy (non-hydrogen) atoms. The van der Waals surface area contributed by atoms with Crippen molar-refractivity contribution in [3.05, 3.63) is 34.9 Å². The largest absolute Gasteiger partial charge is 0.198 e. The maximum absolute atomic E-state index is 8.30. The number of hydrogen-bond acceptors (Lipinski definition) is 1. The molecule has 0 aliphatic rings. The maximum atomic E-state index is 8.30. The number of nitriles is 1. The van der Waals surface area contributed by atoms with E-state index in [1.807, 2.05) is 6.07 Å². The molecule has 0 fully saturated rings. The van der Waals surface area contributed by atoms with Gasteiger partial charge in [-0.15, -0.1) is 0 Å². The molecule has 0 amide bonds. The van der Waals surface area contributed by atoms with Crippen molar-refractivity contribution in [2.75, 3.05) is 0 Å². The summed E-state index contributed by atoms with van der Waals surface area (Å²) in [6.07, 6.45) is 0.400. The minimum absolute atomic E-state index is 0.400. The predicted octanol–water partition coefficient (Wildman–Crippen LogP) is 2.21. The molecule has 1 aromatic carbocycles. The lowest BCUT2D eigenvalue weighted by Crippen LogP contribution is -1.78. The third-order valence-corrected chi connectivity index (χ3v) is 1.31. The van der Waals surface area contributed by atoms with E-state index in [9.17, 15) is 0 Å². The summed E-state index contributed by atoms with van der Waals surface area (Å²) in [7, 11) is 0. The minimum Gasteiger partial charge on any atom is -0.198 e. The van der Waals surface area contributed by atoms with Crippen molar-refractivity contribution in [2.24, 2.45) is 0 Å². The van der Waals surface area contributed by atoms with E-state index in [1.54, 1.807) is 18.2 Å². The second-order valence-corrected chi connectivity index (χ2v) is 2.33. The molecule has 1 nitrogen and oxygen atoms in total. The van der Waals surface area contributed by atoms with Gasteiger partial charge in [0.1, 0.15) is 0 Å². The average molecular weight is 151 g/mol. The van der Waals surface area contributed by atoms with Crippen LogP contribution in [0.1, 0.15) is 5.56 Å².